The van der Waals surface area contributed by atoms with Gasteiger partial charge in [0.2, 0.25) is 0 Å². The number of benzene rings is 1. The molecule has 0 radical (unpaired) electrons. The SMILES string of the molecule is O=C(NCC1CCCN1)c1ccc(N2CCCC2)c([N+](=O)[O-])c1. The number of rotatable bonds is 5. The van der Waals surface area contributed by atoms with Gasteiger partial charge in [0.25, 0.3) is 11.6 Å². The van der Waals surface area contributed by atoms with Gasteiger partial charge in [-0.3, -0.25) is 14.9 Å². The normalized spacial score (nSPS) is 20.7. The van der Waals surface area contributed by atoms with E-state index in [1.54, 1.807) is 12.1 Å². The molecule has 0 saturated carbocycles. The first kappa shape index (κ1) is 15.7. The summed E-state index contributed by atoms with van der Waals surface area (Å²) in [7, 11) is 0. The Labute approximate surface area is 135 Å². The lowest BCUT2D eigenvalue weighted by Gasteiger charge is -2.18. The van der Waals surface area contributed by atoms with Gasteiger partial charge in [-0.25, -0.2) is 0 Å². The van der Waals surface area contributed by atoms with Crippen molar-refractivity contribution >= 4 is 17.3 Å². The summed E-state index contributed by atoms with van der Waals surface area (Å²) in [6.07, 6.45) is 4.27. The molecule has 0 aliphatic carbocycles. The molecule has 0 bridgehead atoms. The molecule has 0 spiro atoms. The zero-order valence-corrected chi connectivity index (χ0v) is 13.1. The van der Waals surface area contributed by atoms with Gasteiger partial charge in [-0.05, 0) is 44.4 Å². The number of nitro groups is 1. The molecular formula is C16H22N4O3. The van der Waals surface area contributed by atoms with Gasteiger partial charge in [-0.1, -0.05) is 0 Å². The van der Waals surface area contributed by atoms with Crippen molar-refractivity contribution in [2.24, 2.45) is 0 Å². The van der Waals surface area contributed by atoms with Crippen LogP contribution in [0.4, 0.5) is 11.4 Å². The highest BCUT2D eigenvalue weighted by atomic mass is 16.6. The summed E-state index contributed by atoms with van der Waals surface area (Å²) in [5.74, 6) is -0.255. The van der Waals surface area contributed by atoms with Gasteiger partial charge in [0.1, 0.15) is 5.69 Å². The van der Waals surface area contributed by atoms with Crippen molar-refractivity contribution in [2.75, 3.05) is 31.1 Å². The van der Waals surface area contributed by atoms with Crippen LogP contribution in [-0.2, 0) is 0 Å². The maximum Gasteiger partial charge on any atom is 0.293 e. The van der Waals surface area contributed by atoms with Crippen molar-refractivity contribution in [3.8, 4) is 0 Å². The second kappa shape index (κ2) is 6.95. The summed E-state index contributed by atoms with van der Waals surface area (Å²) >= 11 is 0. The van der Waals surface area contributed by atoms with E-state index >= 15 is 0 Å². The molecule has 1 aromatic rings. The monoisotopic (exact) mass is 318 g/mol. The van der Waals surface area contributed by atoms with Gasteiger partial charge >= 0.3 is 0 Å². The highest BCUT2D eigenvalue weighted by Crippen LogP contribution is 2.31. The highest BCUT2D eigenvalue weighted by Gasteiger charge is 2.24. The van der Waals surface area contributed by atoms with Crippen LogP contribution in [0.25, 0.3) is 0 Å². The van der Waals surface area contributed by atoms with Crippen LogP contribution < -0.4 is 15.5 Å². The van der Waals surface area contributed by atoms with E-state index in [0.29, 0.717) is 23.8 Å². The van der Waals surface area contributed by atoms with E-state index in [-0.39, 0.29) is 11.6 Å². The molecule has 23 heavy (non-hydrogen) atoms. The minimum absolute atomic E-state index is 0.0125. The molecule has 1 unspecified atom stereocenters. The molecule has 0 aromatic heterocycles. The Morgan fingerprint density at radius 3 is 2.78 bits per heavy atom. The van der Waals surface area contributed by atoms with E-state index in [1.807, 2.05) is 4.90 Å². The van der Waals surface area contributed by atoms with E-state index in [4.69, 9.17) is 0 Å². The smallest absolute Gasteiger partial charge is 0.293 e. The average Bonchev–Trinajstić information content (AvgIpc) is 3.25. The van der Waals surface area contributed by atoms with Crippen LogP contribution in [0.1, 0.15) is 36.0 Å². The first-order valence-electron chi connectivity index (χ1n) is 8.20. The number of anilines is 1. The maximum absolute atomic E-state index is 12.2. The number of nitrogens with zero attached hydrogens (tertiary/aromatic N) is 2. The fraction of sp³-hybridized carbons (Fsp3) is 0.562. The Morgan fingerprint density at radius 1 is 1.35 bits per heavy atom. The Bertz CT molecular complexity index is 593. The molecular weight excluding hydrogens is 296 g/mol. The van der Waals surface area contributed by atoms with E-state index in [9.17, 15) is 14.9 Å². The van der Waals surface area contributed by atoms with Crippen molar-refractivity contribution in [1.29, 1.82) is 0 Å². The highest BCUT2D eigenvalue weighted by molar-refractivity contribution is 5.95. The molecule has 1 atom stereocenters. The average molecular weight is 318 g/mol. The maximum atomic E-state index is 12.2. The molecule has 7 heteroatoms. The van der Waals surface area contributed by atoms with Crippen molar-refractivity contribution in [3.05, 3.63) is 33.9 Å². The topological polar surface area (TPSA) is 87.5 Å². The summed E-state index contributed by atoms with van der Waals surface area (Å²) in [6, 6.07) is 5.08. The minimum Gasteiger partial charge on any atom is -0.366 e. The standard InChI is InChI=1S/C16H22N4O3/c21-16(18-11-13-4-3-7-17-13)12-5-6-14(15(10-12)20(22)23)19-8-1-2-9-19/h5-6,10,13,17H,1-4,7-9,11H2,(H,18,21). The number of hydrogen-bond acceptors (Lipinski definition) is 5. The van der Waals surface area contributed by atoms with Gasteiger partial charge in [0, 0.05) is 37.3 Å². The van der Waals surface area contributed by atoms with Crippen LogP contribution in [0.3, 0.4) is 0 Å². The van der Waals surface area contributed by atoms with Gasteiger partial charge < -0.3 is 15.5 Å². The number of carbonyl (C=O) groups excluding carboxylic acids is 1. The predicted octanol–water partition coefficient (Wildman–Crippen LogP) is 1.68. The number of amides is 1. The quantitative estimate of drug-likeness (QED) is 0.637. The van der Waals surface area contributed by atoms with E-state index in [2.05, 4.69) is 10.6 Å². The van der Waals surface area contributed by atoms with Gasteiger partial charge in [-0.2, -0.15) is 0 Å². The predicted molar refractivity (Wildman–Crippen MR) is 87.9 cm³/mol. The Balaban J connectivity index is 1.72. The second-order valence-electron chi connectivity index (χ2n) is 6.16. The van der Waals surface area contributed by atoms with Crippen LogP contribution in [-0.4, -0.2) is 43.1 Å². The van der Waals surface area contributed by atoms with Crippen molar-refractivity contribution in [1.82, 2.24) is 10.6 Å². The van der Waals surface area contributed by atoms with E-state index in [0.717, 1.165) is 45.3 Å². The van der Waals surface area contributed by atoms with Crippen LogP contribution in [0.2, 0.25) is 0 Å². The van der Waals surface area contributed by atoms with Crippen LogP contribution in [0, 0.1) is 10.1 Å². The van der Waals surface area contributed by atoms with E-state index < -0.39 is 4.92 Å². The lowest BCUT2D eigenvalue weighted by molar-refractivity contribution is -0.384. The number of hydrogen-bond donors (Lipinski definition) is 2. The molecule has 2 saturated heterocycles. The fourth-order valence-corrected chi connectivity index (χ4v) is 3.29. The van der Waals surface area contributed by atoms with Crippen LogP contribution in [0.5, 0.6) is 0 Å². The number of carbonyl (C=O) groups is 1. The van der Waals surface area contributed by atoms with Gasteiger partial charge in [-0.15, -0.1) is 0 Å². The third kappa shape index (κ3) is 3.61. The molecule has 2 aliphatic heterocycles. The molecule has 124 valence electrons. The lowest BCUT2D eigenvalue weighted by Crippen LogP contribution is -2.37. The van der Waals surface area contributed by atoms with Crippen LogP contribution in [0.15, 0.2) is 18.2 Å². The van der Waals surface area contributed by atoms with Crippen molar-refractivity contribution in [2.45, 2.75) is 31.7 Å². The lowest BCUT2D eigenvalue weighted by atomic mass is 10.1. The fourth-order valence-electron chi connectivity index (χ4n) is 3.29. The van der Waals surface area contributed by atoms with Crippen molar-refractivity contribution in [3.63, 3.8) is 0 Å². The van der Waals surface area contributed by atoms with Gasteiger partial charge in [0.15, 0.2) is 0 Å². The number of nitrogens with one attached hydrogen (secondary N) is 2. The summed E-state index contributed by atoms with van der Waals surface area (Å²) < 4.78 is 0. The first-order chi connectivity index (χ1) is 11.1. The zero-order valence-electron chi connectivity index (χ0n) is 13.1. The summed E-state index contributed by atoms with van der Waals surface area (Å²) in [5.41, 5.74) is 0.970. The molecule has 2 fully saturated rings. The molecule has 1 amide bonds. The Hall–Kier alpha value is -2.15. The molecule has 2 N–H and O–H groups in total. The summed E-state index contributed by atoms with van der Waals surface area (Å²) in [4.78, 5) is 25.2. The Morgan fingerprint density at radius 2 is 2.13 bits per heavy atom. The first-order valence-corrected chi connectivity index (χ1v) is 8.20. The number of nitro benzene ring substituents is 1. The molecule has 2 heterocycles. The third-order valence-electron chi connectivity index (χ3n) is 4.55. The summed E-state index contributed by atoms with van der Waals surface area (Å²) in [5, 5.41) is 17.5. The van der Waals surface area contributed by atoms with E-state index in [1.165, 1.54) is 6.07 Å². The van der Waals surface area contributed by atoms with Crippen molar-refractivity contribution < 1.29 is 9.72 Å². The molecule has 3 rings (SSSR count). The Kier molecular flexibility index (Phi) is 4.76. The molecule has 7 nitrogen and oxygen atoms in total. The molecule has 2 aliphatic rings. The van der Waals surface area contributed by atoms with Crippen LogP contribution >= 0.6 is 0 Å². The van der Waals surface area contributed by atoms with Gasteiger partial charge in [0.05, 0.1) is 4.92 Å². The minimum atomic E-state index is -0.400. The third-order valence-corrected chi connectivity index (χ3v) is 4.55. The largest absolute Gasteiger partial charge is 0.366 e. The second-order valence-corrected chi connectivity index (χ2v) is 6.16. The zero-order chi connectivity index (χ0) is 16.2. The molecule has 1 aromatic carbocycles. The summed E-state index contributed by atoms with van der Waals surface area (Å²) in [6.45, 7) is 3.20.